The Bertz CT molecular complexity index is 634. The topological polar surface area (TPSA) is 58.1 Å². The molecule has 21 heavy (non-hydrogen) atoms. The van der Waals surface area contributed by atoms with Gasteiger partial charge in [0.1, 0.15) is 5.82 Å². The number of aromatic nitrogens is 2. The van der Waals surface area contributed by atoms with E-state index in [0.29, 0.717) is 6.42 Å². The highest BCUT2D eigenvalue weighted by atomic mass is 32.1. The van der Waals surface area contributed by atoms with Crippen molar-refractivity contribution in [3.63, 3.8) is 0 Å². The molecule has 0 atom stereocenters. The monoisotopic (exact) mass is 302 g/mol. The molecule has 6 heteroatoms. The van der Waals surface area contributed by atoms with E-state index in [1.54, 1.807) is 0 Å². The Morgan fingerprint density at radius 1 is 1.33 bits per heavy atom. The fourth-order valence-corrected chi connectivity index (χ4v) is 3.12. The summed E-state index contributed by atoms with van der Waals surface area (Å²) in [6.45, 7) is 3.73. The minimum atomic E-state index is 0.179. The van der Waals surface area contributed by atoms with Crippen LogP contribution < -0.4 is 5.32 Å². The number of hydrogen-bond donors (Lipinski definition) is 1. The quantitative estimate of drug-likeness (QED) is 0.943. The fourth-order valence-electron chi connectivity index (χ4n) is 2.40. The molecule has 110 valence electrons. The molecular weight excluding hydrogens is 284 g/mol. The van der Waals surface area contributed by atoms with Crippen LogP contribution in [0.1, 0.15) is 24.2 Å². The molecule has 3 heterocycles. The second-order valence-electron chi connectivity index (χ2n) is 5.20. The first-order chi connectivity index (χ1) is 10.2. The fraction of sp³-hybridized carbons (Fsp3) is 0.400. The summed E-state index contributed by atoms with van der Waals surface area (Å²) < 4.78 is 0. The lowest BCUT2D eigenvalue weighted by Crippen LogP contribution is -2.29. The normalized spacial score (nSPS) is 14.4. The van der Waals surface area contributed by atoms with Crippen molar-refractivity contribution in [1.82, 2.24) is 14.9 Å². The number of amides is 1. The lowest BCUT2D eigenvalue weighted by molar-refractivity contribution is -0.129. The number of rotatable bonds is 4. The van der Waals surface area contributed by atoms with E-state index < -0.39 is 0 Å². The van der Waals surface area contributed by atoms with Gasteiger partial charge in [-0.15, -0.1) is 11.3 Å². The summed E-state index contributed by atoms with van der Waals surface area (Å²) in [5, 5.41) is 5.89. The van der Waals surface area contributed by atoms with Crippen molar-refractivity contribution in [2.45, 2.75) is 26.2 Å². The van der Waals surface area contributed by atoms with Gasteiger partial charge < -0.3 is 10.2 Å². The predicted molar refractivity (Wildman–Crippen MR) is 83.9 cm³/mol. The van der Waals surface area contributed by atoms with E-state index >= 15 is 0 Å². The molecular formula is C15H18N4OS. The lowest BCUT2D eigenvalue weighted by Gasteiger charge is -2.13. The Kier molecular flexibility index (Phi) is 4.15. The third-order valence-electron chi connectivity index (χ3n) is 3.47. The number of thiazole rings is 1. The number of hydrogen-bond acceptors (Lipinski definition) is 5. The van der Waals surface area contributed by atoms with E-state index in [0.717, 1.165) is 48.3 Å². The first-order valence-corrected chi connectivity index (χ1v) is 8.01. The molecule has 0 saturated carbocycles. The van der Waals surface area contributed by atoms with Crippen molar-refractivity contribution >= 4 is 28.2 Å². The smallest absolute Gasteiger partial charge is 0.228 e. The number of anilines is 2. The molecule has 0 radical (unpaired) electrons. The van der Waals surface area contributed by atoms with Crippen LogP contribution in [0.15, 0.2) is 23.6 Å². The average Bonchev–Trinajstić information content (AvgIpc) is 3.10. The number of pyridine rings is 1. The Hall–Kier alpha value is -1.95. The zero-order valence-corrected chi connectivity index (χ0v) is 12.8. The van der Waals surface area contributed by atoms with Crippen molar-refractivity contribution in [2.24, 2.45) is 0 Å². The molecule has 0 aromatic carbocycles. The van der Waals surface area contributed by atoms with Crippen molar-refractivity contribution in [1.29, 1.82) is 0 Å². The van der Waals surface area contributed by atoms with Crippen LogP contribution in [-0.2, 0) is 11.2 Å². The van der Waals surface area contributed by atoms with Gasteiger partial charge >= 0.3 is 0 Å². The largest absolute Gasteiger partial charge is 0.342 e. The first-order valence-electron chi connectivity index (χ1n) is 7.13. The van der Waals surface area contributed by atoms with Crippen molar-refractivity contribution in [2.75, 3.05) is 18.4 Å². The molecule has 0 spiro atoms. The van der Waals surface area contributed by atoms with Crippen molar-refractivity contribution in [3.05, 3.63) is 35.0 Å². The number of carbonyl (C=O) groups excluding carboxylic acids is 1. The third-order valence-corrected chi connectivity index (χ3v) is 4.27. The molecule has 0 bridgehead atoms. The average molecular weight is 302 g/mol. The molecule has 1 aliphatic heterocycles. The summed E-state index contributed by atoms with van der Waals surface area (Å²) in [6, 6.07) is 5.81. The molecule has 1 amide bonds. The van der Waals surface area contributed by atoms with Gasteiger partial charge in [0.2, 0.25) is 5.91 Å². The second-order valence-corrected chi connectivity index (χ2v) is 6.06. The maximum atomic E-state index is 12.1. The molecule has 1 fully saturated rings. The van der Waals surface area contributed by atoms with Crippen LogP contribution in [-0.4, -0.2) is 33.9 Å². The number of nitrogens with zero attached hydrogens (tertiary/aromatic N) is 3. The van der Waals surface area contributed by atoms with Crippen molar-refractivity contribution in [3.8, 4) is 0 Å². The Balaban J connectivity index is 1.62. The minimum absolute atomic E-state index is 0.179. The molecule has 2 aromatic rings. The Labute approximate surface area is 128 Å². The molecule has 2 aromatic heterocycles. The van der Waals surface area contributed by atoms with E-state index in [1.807, 2.05) is 35.4 Å². The highest BCUT2D eigenvalue weighted by Crippen LogP contribution is 2.21. The standard InChI is InChI=1S/C15H18N4OS/c1-11-5-4-6-13(16-11)18-15-17-12(10-21-15)9-14(20)19-7-2-3-8-19/h4-6,10H,2-3,7-9H2,1H3,(H,16,17,18). The predicted octanol–water partition coefficient (Wildman–Crippen LogP) is 2.76. The third kappa shape index (κ3) is 3.58. The second kappa shape index (κ2) is 6.22. The molecule has 0 unspecified atom stereocenters. The molecule has 1 saturated heterocycles. The minimum Gasteiger partial charge on any atom is -0.342 e. The van der Waals surface area contributed by atoms with Crippen LogP contribution in [0.2, 0.25) is 0 Å². The summed E-state index contributed by atoms with van der Waals surface area (Å²) in [6.07, 6.45) is 2.63. The molecule has 1 aliphatic rings. The summed E-state index contributed by atoms with van der Waals surface area (Å²) in [5.74, 6) is 0.958. The zero-order valence-electron chi connectivity index (χ0n) is 12.0. The van der Waals surface area contributed by atoms with E-state index in [1.165, 1.54) is 11.3 Å². The highest BCUT2D eigenvalue weighted by molar-refractivity contribution is 7.13. The van der Waals surface area contributed by atoms with Gasteiger partial charge in [-0.05, 0) is 31.9 Å². The summed E-state index contributed by atoms with van der Waals surface area (Å²) in [7, 11) is 0. The number of aryl methyl sites for hydroxylation is 1. The molecule has 0 aliphatic carbocycles. The molecule has 5 nitrogen and oxygen atoms in total. The van der Waals surface area contributed by atoms with Crippen molar-refractivity contribution < 1.29 is 4.79 Å². The van der Waals surface area contributed by atoms with Gasteiger partial charge in [-0.2, -0.15) is 0 Å². The highest BCUT2D eigenvalue weighted by Gasteiger charge is 2.19. The van der Waals surface area contributed by atoms with E-state index in [9.17, 15) is 4.79 Å². The van der Waals surface area contributed by atoms with Crippen LogP contribution in [0.25, 0.3) is 0 Å². The van der Waals surface area contributed by atoms with E-state index in [2.05, 4.69) is 15.3 Å². The van der Waals surface area contributed by atoms with Crippen LogP contribution in [0, 0.1) is 6.92 Å². The molecule has 1 N–H and O–H groups in total. The lowest BCUT2D eigenvalue weighted by atomic mass is 10.3. The van der Waals surface area contributed by atoms with Crippen LogP contribution >= 0.6 is 11.3 Å². The maximum Gasteiger partial charge on any atom is 0.228 e. The Morgan fingerprint density at radius 2 is 2.14 bits per heavy atom. The summed E-state index contributed by atoms with van der Waals surface area (Å²) in [5.41, 5.74) is 1.79. The number of likely N-dealkylation sites (tertiary alicyclic amines) is 1. The van der Waals surface area contributed by atoms with Gasteiger partial charge in [0, 0.05) is 24.2 Å². The number of carbonyl (C=O) groups is 1. The van der Waals surface area contributed by atoms with E-state index in [-0.39, 0.29) is 5.91 Å². The van der Waals surface area contributed by atoms with Crippen LogP contribution in [0.5, 0.6) is 0 Å². The van der Waals surface area contributed by atoms with Gasteiger partial charge in [0.15, 0.2) is 5.13 Å². The van der Waals surface area contributed by atoms with Gasteiger partial charge in [-0.3, -0.25) is 4.79 Å². The van der Waals surface area contributed by atoms with Gasteiger partial charge in [0.05, 0.1) is 12.1 Å². The van der Waals surface area contributed by atoms with Crippen LogP contribution in [0.4, 0.5) is 10.9 Å². The van der Waals surface area contributed by atoms with Crippen LogP contribution in [0.3, 0.4) is 0 Å². The zero-order chi connectivity index (χ0) is 14.7. The summed E-state index contributed by atoms with van der Waals surface area (Å²) >= 11 is 1.50. The van der Waals surface area contributed by atoms with Gasteiger partial charge in [-0.25, -0.2) is 9.97 Å². The molecule has 3 rings (SSSR count). The van der Waals surface area contributed by atoms with E-state index in [4.69, 9.17) is 0 Å². The van der Waals surface area contributed by atoms with Gasteiger partial charge in [-0.1, -0.05) is 6.07 Å². The number of nitrogens with one attached hydrogen (secondary N) is 1. The first kappa shape index (κ1) is 14.0. The maximum absolute atomic E-state index is 12.1. The summed E-state index contributed by atoms with van der Waals surface area (Å²) in [4.78, 5) is 22.9. The SMILES string of the molecule is Cc1cccc(Nc2nc(CC(=O)N3CCCC3)cs2)n1. The Morgan fingerprint density at radius 3 is 2.90 bits per heavy atom. The van der Waals surface area contributed by atoms with Gasteiger partial charge in [0.25, 0.3) is 0 Å².